The van der Waals surface area contributed by atoms with Crippen molar-refractivity contribution >= 4 is 22.6 Å². The van der Waals surface area contributed by atoms with E-state index in [4.69, 9.17) is 21.8 Å². The van der Waals surface area contributed by atoms with Crippen molar-refractivity contribution in [3.05, 3.63) is 34.5 Å². The van der Waals surface area contributed by atoms with E-state index in [1.165, 1.54) is 0 Å². The van der Waals surface area contributed by atoms with Gasteiger partial charge in [0.05, 0.1) is 0 Å². The molecule has 0 aliphatic heterocycles. The summed E-state index contributed by atoms with van der Waals surface area (Å²) in [6, 6.07) is 5.65. The molecule has 14 heavy (non-hydrogen) atoms. The lowest BCUT2D eigenvalue weighted by Crippen LogP contribution is -2.02. The van der Waals surface area contributed by atoms with Crippen molar-refractivity contribution in [3.63, 3.8) is 0 Å². The molecule has 2 aromatic rings. The molecule has 0 fully saturated rings. The highest BCUT2D eigenvalue weighted by Crippen LogP contribution is 2.27. The van der Waals surface area contributed by atoms with Crippen LogP contribution in [0, 0.1) is 6.92 Å². The van der Waals surface area contributed by atoms with Gasteiger partial charge in [-0.1, -0.05) is 11.6 Å². The van der Waals surface area contributed by atoms with Crippen LogP contribution in [-0.2, 0) is 6.42 Å². The van der Waals surface area contributed by atoms with Crippen LogP contribution in [0.1, 0.15) is 11.3 Å². The van der Waals surface area contributed by atoms with Crippen molar-refractivity contribution in [3.8, 4) is 0 Å². The first-order chi connectivity index (χ1) is 6.72. The van der Waals surface area contributed by atoms with Gasteiger partial charge in [-0.25, -0.2) is 0 Å². The number of halogens is 1. The molecule has 3 heteroatoms. The number of furan rings is 1. The van der Waals surface area contributed by atoms with E-state index in [2.05, 4.69) is 0 Å². The zero-order chi connectivity index (χ0) is 10.1. The zero-order valence-corrected chi connectivity index (χ0v) is 8.77. The second-order valence-electron chi connectivity index (χ2n) is 3.33. The summed E-state index contributed by atoms with van der Waals surface area (Å²) in [7, 11) is 0. The fraction of sp³-hybridized carbons (Fsp3) is 0.273. The number of nitrogens with two attached hydrogens (primary N) is 1. The molecule has 2 rings (SSSR count). The van der Waals surface area contributed by atoms with Crippen molar-refractivity contribution in [1.82, 2.24) is 0 Å². The Morgan fingerprint density at radius 1 is 1.43 bits per heavy atom. The summed E-state index contributed by atoms with van der Waals surface area (Å²) in [4.78, 5) is 0. The Kier molecular flexibility index (Phi) is 2.48. The highest BCUT2D eigenvalue weighted by atomic mass is 35.5. The molecule has 0 amide bonds. The molecule has 0 radical (unpaired) electrons. The van der Waals surface area contributed by atoms with Crippen LogP contribution < -0.4 is 5.73 Å². The second kappa shape index (κ2) is 3.64. The van der Waals surface area contributed by atoms with Gasteiger partial charge in [-0.3, -0.25) is 0 Å². The summed E-state index contributed by atoms with van der Waals surface area (Å²) in [6.07, 6.45) is 0.776. The summed E-state index contributed by atoms with van der Waals surface area (Å²) in [5.41, 5.74) is 7.53. The minimum absolute atomic E-state index is 0.606. The molecule has 0 atom stereocenters. The molecule has 0 saturated heterocycles. The number of hydrogen-bond acceptors (Lipinski definition) is 2. The molecule has 2 nitrogen and oxygen atoms in total. The van der Waals surface area contributed by atoms with Crippen LogP contribution >= 0.6 is 11.6 Å². The van der Waals surface area contributed by atoms with Crippen molar-refractivity contribution < 1.29 is 4.42 Å². The van der Waals surface area contributed by atoms with Gasteiger partial charge >= 0.3 is 0 Å². The molecule has 0 aliphatic carbocycles. The Labute approximate surface area is 87.6 Å². The van der Waals surface area contributed by atoms with Crippen LogP contribution in [0.2, 0.25) is 5.02 Å². The molecule has 2 N–H and O–H groups in total. The fourth-order valence-electron chi connectivity index (χ4n) is 1.61. The second-order valence-corrected chi connectivity index (χ2v) is 3.77. The highest BCUT2D eigenvalue weighted by molar-refractivity contribution is 6.31. The van der Waals surface area contributed by atoms with Gasteiger partial charge in [0.15, 0.2) is 0 Å². The highest BCUT2D eigenvalue weighted by Gasteiger charge is 2.09. The molecular formula is C11H12ClNO. The van der Waals surface area contributed by atoms with Crippen LogP contribution in [0.3, 0.4) is 0 Å². The first kappa shape index (κ1) is 9.56. The average Bonchev–Trinajstić information content (AvgIpc) is 2.46. The summed E-state index contributed by atoms with van der Waals surface area (Å²) in [6.45, 7) is 2.64. The first-order valence-electron chi connectivity index (χ1n) is 4.60. The summed E-state index contributed by atoms with van der Waals surface area (Å²) in [5, 5.41) is 1.82. The van der Waals surface area contributed by atoms with Gasteiger partial charge < -0.3 is 10.2 Å². The lowest BCUT2D eigenvalue weighted by atomic mass is 10.1. The van der Waals surface area contributed by atoms with Crippen molar-refractivity contribution in [2.24, 2.45) is 5.73 Å². The van der Waals surface area contributed by atoms with Crippen LogP contribution in [0.25, 0.3) is 11.0 Å². The van der Waals surface area contributed by atoms with Gasteiger partial charge in [-0.05, 0) is 37.2 Å². The van der Waals surface area contributed by atoms with E-state index in [0.717, 1.165) is 33.7 Å². The van der Waals surface area contributed by atoms with Crippen molar-refractivity contribution in [2.45, 2.75) is 13.3 Å². The maximum Gasteiger partial charge on any atom is 0.134 e. The summed E-state index contributed by atoms with van der Waals surface area (Å²) >= 11 is 5.91. The molecule has 0 spiro atoms. The van der Waals surface area contributed by atoms with E-state index in [-0.39, 0.29) is 0 Å². The van der Waals surface area contributed by atoms with Crippen LogP contribution in [0.15, 0.2) is 22.6 Å². The normalized spacial score (nSPS) is 11.1. The van der Waals surface area contributed by atoms with Crippen molar-refractivity contribution in [1.29, 1.82) is 0 Å². The number of rotatable bonds is 2. The molecule has 1 aromatic carbocycles. The lowest BCUT2D eigenvalue weighted by Gasteiger charge is -1.92. The Balaban J connectivity index is 2.62. The molecule has 0 unspecified atom stereocenters. The van der Waals surface area contributed by atoms with Gasteiger partial charge in [0.2, 0.25) is 0 Å². The average molecular weight is 210 g/mol. The standard InChI is InChI=1S/C11H12ClNO/c1-7-9-6-8(12)2-3-11(9)14-10(7)4-5-13/h2-3,6H,4-5,13H2,1H3. The summed E-state index contributed by atoms with van der Waals surface area (Å²) in [5.74, 6) is 0.963. The smallest absolute Gasteiger partial charge is 0.134 e. The van der Waals surface area contributed by atoms with E-state index in [0.29, 0.717) is 6.54 Å². The first-order valence-corrected chi connectivity index (χ1v) is 4.98. The van der Waals surface area contributed by atoms with Gasteiger partial charge in [0.25, 0.3) is 0 Å². The minimum atomic E-state index is 0.606. The Bertz CT molecular complexity index is 462. The number of fused-ring (bicyclic) bond motifs is 1. The third-order valence-corrected chi connectivity index (χ3v) is 2.60. The topological polar surface area (TPSA) is 39.2 Å². The van der Waals surface area contributed by atoms with Crippen LogP contribution in [-0.4, -0.2) is 6.54 Å². The largest absolute Gasteiger partial charge is 0.461 e. The third kappa shape index (κ3) is 1.51. The number of aryl methyl sites for hydroxylation is 1. The molecular weight excluding hydrogens is 198 g/mol. The van der Waals surface area contributed by atoms with E-state index in [1.54, 1.807) is 0 Å². The van der Waals surface area contributed by atoms with Crippen molar-refractivity contribution in [2.75, 3.05) is 6.54 Å². The molecule has 74 valence electrons. The van der Waals surface area contributed by atoms with E-state index in [1.807, 2.05) is 25.1 Å². The predicted octanol–water partition coefficient (Wildman–Crippen LogP) is 2.90. The Morgan fingerprint density at radius 2 is 2.21 bits per heavy atom. The molecule has 1 aromatic heterocycles. The van der Waals surface area contributed by atoms with Gasteiger partial charge in [-0.2, -0.15) is 0 Å². The van der Waals surface area contributed by atoms with E-state index < -0.39 is 0 Å². The maximum absolute atomic E-state index is 5.91. The summed E-state index contributed by atoms with van der Waals surface area (Å²) < 4.78 is 5.66. The van der Waals surface area contributed by atoms with Gasteiger partial charge in [0.1, 0.15) is 11.3 Å². The Morgan fingerprint density at radius 3 is 2.93 bits per heavy atom. The SMILES string of the molecule is Cc1c(CCN)oc2ccc(Cl)cc12. The van der Waals surface area contributed by atoms with Gasteiger partial charge in [0, 0.05) is 16.8 Å². The molecule has 0 aliphatic rings. The van der Waals surface area contributed by atoms with E-state index >= 15 is 0 Å². The monoisotopic (exact) mass is 209 g/mol. The lowest BCUT2D eigenvalue weighted by molar-refractivity contribution is 0.546. The Hall–Kier alpha value is -0.990. The molecule has 0 bridgehead atoms. The molecule has 1 heterocycles. The van der Waals surface area contributed by atoms with Crippen LogP contribution in [0.4, 0.5) is 0 Å². The number of benzene rings is 1. The minimum Gasteiger partial charge on any atom is -0.461 e. The zero-order valence-electron chi connectivity index (χ0n) is 8.01. The van der Waals surface area contributed by atoms with Crippen LogP contribution in [0.5, 0.6) is 0 Å². The molecule has 0 saturated carbocycles. The fourth-order valence-corrected chi connectivity index (χ4v) is 1.79. The number of hydrogen-bond donors (Lipinski definition) is 1. The van der Waals surface area contributed by atoms with Gasteiger partial charge in [-0.15, -0.1) is 0 Å². The quantitative estimate of drug-likeness (QED) is 0.826. The maximum atomic E-state index is 5.91. The predicted molar refractivity (Wildman–Crippen MR) is 58.7 cm³/mol. The van der Waals surface area contributed by atoms with E-state index in [9.17, 15) is 0 Å². The third-order valence-electron chi connectivity index (χ3n) is 2.37.